The fraction of sp³-hybridized carbons (Fsp3) is 0.600. The van der Waals surface area contributed by atoms with E-state index in [1.165, 1.54) is 37.8 Å². The summed E-state index contributed by atoms with van der Waals surface area (Å²) in [6.45, 7) is 4.38. The Bertz CT molecular complexity index is 599. The zero-order chi connectivity index (χ0) is 18.8. The Labute approximate surface area is 156 Å². The molecule has 1 fully saturated rings. The van der Waals surface area contributed by atoms with E-state index in [-0.39, 0.29) is 11.7 Å². The van der Waals surface area contributed by atoms with Crippen LogP contribution < -0.4 is 10.6 Å². The van der Waals surface area contributed by atoms with Crippen LogP contribution >= 0.6 is 0 Å². The number of carbonyl (C=O) groups excluding carboxylic acids is 1. The standard InChI is InChI=1S/C20H31FN4O/c1-3-22-20(25(2)15-17-9-6-10-18(21)13-17)24-12-11-23-19(26)14-16-7-4-5-8-16/h6,9-10,13,16H,3-5,7-8,11-12,14-15H2,1-2H3,(H,22,24)(H,23,26). The molecule has 6 heteroatoms. The largest absolute Gasteiger partial charge is 0.357 e. The molecule has 0 spiro atoms. The molecule has 1 aromatic carbocycles. The van der Waals surface area contributed by atoms with Gasteiger partial charge < -0.3 is 15.5 Å². The summed E-state index contributed by atoms with van der Waals surface area (Å²) < 4.78 is 13.3. The van der Waals surface area contributed by atoms with E-state index in [1.54, 1.807) is 6.07 Å². The number of amides is 1. The van der Waals surface area contributed by atoms with Crippen molar-refractivity contribution in [2.75, 3.05) is 26.7 Å². The molecular formula is C20H31FN4O. The zero-order valence-electron chi connectivity index (χ0n) is 15.9. The van der Waals surface area contributed by atoms with Crippen LogP contribution in [0.4, 0.5) is 4.39 Å². The predicted molar refractivity (Wildman–Crippen MR) is 103 cm³/mol. The fourth-order valence-corrected chi connectivity index (χ4v) is 3.36. The van der Waals surface area contributed by atoms with Crippen molar-refractivity contribution in [3.05, 3.63) is 35.6 Å². The second-order valence-electron chi connectivity index (χ2n) is 6.93. The van der Waals surface area contributed by atoms with Gasteiger partial charge >= 0.3 is 0 Å². The first-order chi connectivity index (χ1) is 12.6. The van der Waals surface area contributed by atoms with Crippen molar-refractivity contribution in [2.45, 2.75) is 45.6 Å². The molecule has 1 amide bonds. The maximum Gasteiger partial charge on any atom is 0.220 e. The summed E-state index contributed by atoms with van der Waals surface area (Å²) in [6, 6.07) is 6.58. The molecule has 5 nitrogen and oxygen atoms in total. The maximum absolute atomic E-state index is 13.3. The van der Waals surface area contributed by atoms with E-state index in [1.807, 2.05) is 24.9 Å². The lowest BCUT2D eigenvalue weighted by Gasteiger charge is -2.22. The maximum atomic E-state index is 13.3. The quantitative estimate of drug-likeness (QED) is 0.425. The summed E-state index contributed by atoms with van der Waals surface area (Å²) in [7, 11) is 1.92. The number of nitrogens with zero attached hydrogens (tertiary/aromatic N) is 2. The minimum absolute atomic E-state index is 0.130. The lowest BCUT2D eigenvalue weighted by atomic mass is 10.0. The van der Waals surface area contributed by atoms with Crippen molar-refractivity contribution in [3.8, 4) is 0 Å². The highest BCUT2D eigenvalue weighted by molar-refractivity contribution is 5.80. The highest BCUT2D eigenvalue weighted by Gasteiger charge is 2.17. The van der Waals surface area contributed by atoms with Crippen molar-refractivity contribution in [3.63, 3.8) is 0 Å². The van der Waals surface area contributed by atoms with Crippen molar-refractivity contribution >= 4 is 11.9 Å². The monoisotopic (exact) mass is 362 g/mol. The lowest BCUT2D eigenvalue weighted by Crippen LogP contribution is -2.39. The summed E-state index contributed by atoms with van der Waals surface area (Å²) in [5.74, 6) is 1.21. The number of nitrogens with one attached hydrogen (secondary N) is 2. The average Bonchev–Trinajstić information content (AvgIpc) is 3.10. The molecular weight excluding hydrogens is 331 g/mol. The molecule has 2 rings (SSSR count). The van der Waals surface area contributed by atoms with Gasteiger partial charge in [-0.1, -0.05) is 25.0 Å². The third-order valence-electron chi connectivity index (χ3n) is 4.65. The van der Waals surface area contributed by atoms with E-state index < -0.39 is 0 Å². The Balaban J connectivity index is 1.78. The first-order valence-electron chi connectivity index (χ1n) is 9.59. The minimum Gasteiger partial charge on any atom is -0.357 e. The Morgan fingerprint density at radius 2 is 2.08 bits per heavy atom. The first-order valence-corrected chi connectivity index (χ1v) is 9.59. The van der Waals surface area contributed by atoms with Gasteiger partial charge in [-0.25, -0.2) is 4.39 Å². The van der Waals surface area contributed by atoms with Crippen LogP contribution in [0.1, 0.15) is 44.6 Å². The Morgan fingerprint density at radius 1 is 1.31 bits per heavy atom. The summed E-state index contributed by atoms with van der Waals surface area (Å²) in [4.78, 5) is 18.5. The molecule has 0 bridgehead atoms. The molecule has 0 atom stereocenters. The van der Waals surface area contributed by atoms with Crippen LogP contribution in [0.3, 0.4) is 0 Å². The van der Waals surface area contributed by atoms with Crippen LogP contribution in [0.15, 0.2) is 29.3 Å². The van der Waals surface area contributed by atoms with Crippen molar-refractivity contribution < 1.29 is 9.18 Å². The fourth-order valence-electron chi connectivity index (χ4n) is 3.36. The Morgan fingerprint density at radius 3 is 2.77 bits per heavy atom. The van der Waals surface area contributed by atoms with Gasteiger partial charge in [-0.05, 0) is 43.4 Å². The molecule has 0 aliphatic heterocycles. The van der Waals surface area contributed by atoms with Gasteiger partial charge in [-0.2, -0.15) is 0 Å². The normalized spacial score (nSPS) is 15.1. The van der Waals surface area contributed by atoms with Crippen molar-refractivity contribution in [1.29, 1.82) is 0 Å². The van der Waals surface area contributed by atoms with Crippen LogP contribution in [0.25, 0.3) is 0 Å². The Hall–Kier alpha value is -2.11. The molecule has 26 heavy (non-hydrogen) atoms. The molecule has 0 aromatic heterocycles. The van der Waals surface area contributed by atoms with Crippen molar-refractivity contribution in [2.24, 2.45) is 10.9 Å². The van der Waals surface area contributed by atoms with Gasteiger partial charge in [0.05, 0.1) is 6.54 Å². The van der Waals surface area contributed by atoms with E-state index in [4.69, 9.17) is 0 Å². The number of hydrogen-bond acceptors (Lipinski definition) is 2. The number of carbonyl (C=O) groups is 1. The molecule has 1 aliphatic carbocycles. The zero-order valence-corrected chi connectivity index (χ0v) is 15.9. The van der Waals surface area contributed by atoms with Crippen LogP contribution in [-0.4, -0.2) is 43.4 Å². The topological polar surface area (TPSA) is 56.7 Å². The molecule has 1 aliphatic rings. The van der Waals surface area contributed by atoms with Gasteiger partial charge in [-0.3, -0.25) is 9.79 Å². The third kappa shape index (κ3) is 7.02. The SMILES string of the molecule is CCNC(=NCCNC(=O)CC1CCCC1)N(C)Cc1cccc(F)c1. The van der Waals surface area contributed by atoms with Crippen LogP contribution in [0.5, 0.6) is 0 Å². The van der Waals surface area contributed by atoms with Crippen molar-refractivity contribution in [1.82, 2.24) is 15.5 Å². The molecule has 0 heterocycles. The average molecular weight is 362 g/mol. The second kappa shape index (κ2) is 10.8. The van der Waals surface area contributed by atoms with Gasteiger partial charge in [0.1, 0.15) is 5.82 Å². The summed E-state index contributed by atoms with van der Waals surface area (Å²) in [5, 5.41) is 6.19. The van der Waals surface area contributed by atoms with E-state index in [2.05, 4.69) is 15.6 Å². The molecule has 0 radical (unpaired) electrons. The van der Waals surface area contributed by atoms with Gasteiger partial charge in [0.25, 0.3) is 0 Å². The lowest BCUT2D eigenvalue weighted by molar-refractivity contribution is -0.121. The first kappa shape index (κ1) is 20.2. The number of benzene rings is 1. The van der Waals surface area contributed by atoms with Gasteiger partial charge in [0.2, 0.25) is 5.91 Å². The summed E-state index contributed by atoms with van der Waals surface area (Å²) in [5.41, 5.74) is 0.892. The van der Waals surface area contributed by atoms with E-state index >= 15 is 0 Å². The smallest absolute Gasteiger partial charge is 0.220 e. The summed E-state index contributed by atoms with van der Waals surface area (Å²) in [6.07, 6.45) is 5.52. The van der Waals surface area contributed by atoms with Gasteiger partial charge in [0, 0.05) is 33.1 Å². The number of rotatable bonds is 8. The number of guanidine groups is 1. The van der Waals surface area contributed by atoms with Crippen LogP contribution in [-0.2, 0) is 11.3 Å². The summed E-state index contributed by atoms with van der Waals surface area (Å²) >= 11 is 0. The third-order valence-corrected chi connectivity index (χ3v) is 4.65. The second-order valence-corrected chi connectivity index (χ2v) is 6.93. The van der Waals surface area contributed by atoms with Crippen LogP contribution in [0, 0.1) is 11.7 Å². The van der Waals surface area contributed by atoms with Gasteiger partial charge in [-0.15, -0.1) is 0 Å². The van der Waals surface area contributed by atoms with E-state index in [0.717, 1.165) is 18.1 Å². The molecule has 2 N–H and O–H groups in total. The molecule has 144 valence electrons. The number of aliphatic imine (C=N–C) groups is 1. The highest BCUT2D eigenvalue weighted by atomic mass is 19.1. The molecule has 1 aromatic rings. The van der Waals surface area contributed by atoms with Gasteiger partial charge in [0.15, 0.2) is 5.96 Å². The van der Waals surface area contributed by atoms with Crippen LogP contribution in [0.2, 0.25) is 0 Å². The molecule has 0 unspecified atom stereocenters. The molecule has 0 saturated heterocycles. The highest BCUT2D eigenvalue weighted by Crippen LogP contribution is 2.27. The number of halogens is 1. The predicted octanol–water partition coefficient (Wildman–Crippen LogP) is 2.92. The number of hydrogen-bond donors (Lipinski definition) is 2. The van der Waals surface area contributed by atoms with E-state index in [0.29, 0.717) is 32.0 Å². The minimum atomic E-state index is -0.234. The molecule has 1 saturated carbocycles. The van der Waals surface area contributed by atoms with E-state index in [9.17, 15) is 9.18 Å². The Kier molecular flexibility index (Phi) is 8.38.